The van der Waals surface area contributed by atoms with Gasteiger partial charge >= 0.3 is 0 Å². The number of halogens is 1. The summed E-state index contributed by atoms with van der Waals surface area (Å²) in [5.41, 5.74) is 6.66. The van der Waals surface area contributed by atoms with Gasteiger partial charge in [-0.15, -0.1) is 11.8 Å². The van der Waals surface area contributed by atoms with E-state index in [0.29, 0.717) is 5.92 Å². The summed E-state index contributed by atoms with van der Waals surface area (Å²) in [5, 5.41) is 0. The molecular weight excluding hydrogens is 334 g/mol. The van der Waals surface area contributed by atoms with Crippen molar-refractivity contribution in [2.24, 2.45) is 11.7 Å². The molecule has 1 aromatic carbocycles. The van der Waals surface area contributed by atoms with E-state index in [0.717, 1.165) is 23.3 Å². The summed E-state index contributed by atoms with van der Waals surface area (Å²) in [6.07, 6.45) is 6.12. The van der Waals surface area contributed by atoms with Gasteiger partial charge in [-0.3, -0.25) is 0 Å². The molecule has 2 atom stereocenters. The smallest absolute Gasteiger partial charge is 0.0685 e. The van der Waals surface area contributed by atoms with Gasteiger partial charge in [-0.25, -0.2) is 0 Å². The molecule has 110 valence electrons. The third-order valence-electron chi connectivity index (χ3n) is 4.64. The van der Waals surface area contributed by atoms with Crippen LogP contribution >= 0.6 is 27.7 Å². The lowest BCUT2D eigenvalue weighted by atomic mass is 9.71. The van der Waals surface area contributed by atoms with Gasteiger partial charge in [-0.1, -0.05) is 22.0 Å². The van der Waals surface area contributed by atoms with Gasteiger partial charge < -0.3 is 10.5 Å². The summed E-state index contributed by atoms with van der Waals surface area (Å²) in [7, 11) is 0. The van der Waals surface area contributed by atoms with Crippen molar-refractivity contribution in [2.45, 2.75) is 48.6 Å². The van der Waals surface area contributed by atoms with Crippen LogP contribution in [0.15, 0.2) is 33.6 Å². The second-order valence-corrected chi connectivity index (χ2v) is 8.08. The standard InChI is InChI=1S/C16H22BrNOS/c17-13-3-1-4-14(9-13)20-11-15(18)12-5-8-19-16(10-12)6-2-7-16/h1,3-4,9,12,15H,2,5-8,10-11,18H2. The third-order valence-corrected chi connectivity index (χ3v) is 6.27. The van der Waals surface area contributed by atoms with E-state index >= 15 is 0 Å². The minimum atomic E-state index is 0.209. The highest BCUT2D eigenvalue weighted by Crippen LogP contribution is 2.45. The molecule has 0 bridgehead atoms. The highest BCUT2D eigenvalue weighted by molar-refractivity contribution is 9.10. The van der Waals surface area contributed by atoms with Crippen molar-refractivity contribution < 1.29 is 4.74 Å². The van der Waals surface area contributed by atoms with Gasteiger partial charge in [0.05, 0.1) is 5.60 Å². The maximum absolute atomic E-state index is 6.45. The fourth-order valence-corrected chi connectivity index (χ4v) is 4.83. The fraction of sp³-hybridized carbons (Fsp3) is 0.625. The van der Waals surface area contributed by atoms with Crippen LogP contribution in [0.4, 0.5) is 0 Å². The van der Waals surface area contributed by atoms with E-state index < -0.39 is 0 Å². The van der Waals surface area contributed by atoms with Crippen molar-refractivity contribution in [1.82, 2.24) is 0 Å². The van der Waals surface area contributed by atoms with Crippen LogP contribution in [0.2, 0.25) is 0 Å². The van der Waals surface area contributed by atoms with Crippen molar-refractivity contribution in [3.05, 3.63) is 28.7 Å². The normalized spacial score (nSPS) is 26.2. The molecule has 0 amide bonds. The van der Waals surface area contributed by atoms with Gasteiger partial charge in [-0.05, 0) is 56.2 Å². The number of hydrogen-bond acceptors (Lipinski definition) is 3. The quantitative estimate of drug-likeness (QED) is 0.821. The summed E-state index contributed by atoms with van der Waals surface area (Å²) < 4.78 is 7.13. The lowest BCUT2D eigenvalue weighted by Gasteiger charge is -2.48. The zero-order valence-electron chi connectivity index (χ0n) is 11.7. The van der Waals surface area contributed by atoms with Crippen LogP contribution in [-0.4, -0.2) is 24.0 Å². The average Bonchev–Trinajstić information content (AvgIpc) is 2.43. The minimum absolute atomic E-state index is 0.209. The maximum Gasteiger partial charge on any atom is 0.0685 e. The molecule has 2 fully saturated rings. The molecule has 2 nitrogen and oxygen atoms in total. The monoisotopic (exact) mass is 355 g/mol. The summed E-state index contributed by atoms with van der Waals surface area (Å²) in [6.45, 7) is 0.903. The molecule has 1 saturated heterocycles. The molecule has 0 radical (unpaired) electrons. The predicted octanol–water partition coefficient (Wildman–Crippen LogP) is 4.22. The lowest BCUT2D eigenvalue weighted by Crippen LogP contribution is -2.49. The molecular formula is C16H22BrNOS. The van der Waals surface area contributed by atoms with Crippen LogP contribution in [0, 0.1) is 5.92 Å². The molecule has 1 heterocycles. The first kappa shape index (κ1) is 14.9. The van der Waals surface area contributed by atoms with Crippen LogP contribution in [0.5, 0.6) is 0 Å². The van der Waals surface area contributed by atoms with Gasteiger partial charge in [0, 0.05) is 27.8 Å². The largest absolute Gasteiger partial charge is 0.375 e. The van der Waals surface area contributed by atoms with Crippen LogP contribution in [-0.2, 0) is 4.74 Å². The Labute approximate surface area is 134 Å². The Bertz CT molecular complexity index is 464. The number of hydrogen-bond donors (Lipinski definition) is 1. The zero-order valence-corrected chi connectivity index (χ0v) is 14.1. The van der Waals surface area contributed by atoms with E-state index in [9.17, 15) is 0 Å². The Balaban J connectivity index is 1.52. The highest BCUT2D eigenvalue weighted by Gasteiger charge is 2.43. The Kier molecular flexibility index (Phi) is 4.75. The third kappa shape index (κ3) is 3.41. The average molecular weight is 356 g/mol. The summed E-state index contributed by atoms with van der Waals surface area (Å²) >= 11 is 5.38. The molecule has 0 aromatic heterocycles. The molecule has 1 aliphatic carbocycles. The Morgan fingerprint density at radius 1 is 1.45 bits per heavy atom. The SMILES string of the molecule is NC(CSc1cccc(Br)c1)C1CCOC2(CCC2)C1. The Morgan fingerprint density at radius 2 is 2.30 bits per heavy atom. The van der Waals surface area contributed by atoms with Crippen molar-refractivity contribution in [1.29, 1.82) is 0 Å². The molecule has 1 aromatic rings. The molecule has 1 aliphatic heterocycles. The van der Waals surface area contributed by atoms with Gasteiger partial charge in [0.2, 0.25) is 0 Å². The number of nitrogens with two attached hydrogens (primary N) is 1. The molecule has 2 aliphatic rings. The van der Waals surface area contributed by atoms with Gasteiger partial charge in [-0.2, -0.15) is 0 Å². The lowest BCUT2D eigenvalue weighted by molar-refractivity contribution is -0.145. The predicted molar refractivity (Wildman–Crippen MR) is 88.1 cm³/mol. The highest BCUT2D eigenvalue weighted by atomic mass is 79.9. The molecule has 2 N–H and O–H groups in total. The molecule has 1 spiro atoms. The zero-order chi connectivity index (χ0) is 14.0. The number of benzene rings is 1. The Hall–Kier alpha value is -0.0300. The molecule has 1 saturated carbocycles. The number of ether oxygens (including phenoxy) is 1. The van der Waals surface area contributed by atoms with E-state index in [-0.39, 0.29) is 11.6 Å². The first-order valence-corrected chi connectivity index (χ1v) is 9.23. The first-order chi connectivity index (χ1) is 9.67. The molecule has 3 rings (SSSR count). The maximum atomic E-state index is 6.45. The topological polar surface area (TPSA) is 35.2 Å². The van der Waals surface area contributed by atoms with E-state index in [2.05, 4.69) is 40.2 Å². The molecule has 4 heteroatoms. The second-order valence-electron chi connectivity index (χ2n) is 6.07. The van der Waals surface area contributed by atoms with Crippen LogP contribution in [0.3, 0.4) is 0 Å². The van der Waals surface area contributed by atoms with Crippen LogP contribution in [0.1, 0.15) is 32.1 Å². The minimum Gasteiger partial charge on any atom is -0.375 e. The van der Waals surface area contributed by atoms with Gasteiger partial charge in [0.1, 0.15) is 0 Å². The van der Waals surface area contributed by atoms with Gasteiger partial charge in [0.25, 0.3) is 0 Å². The first-order valence-electron chi connectivity index (χ1n) is 7.45. The van der Waals surface area contributed by atoms with Crippen molar-refractivity contribution in [3.63, 3.8) is 0 Å². The summed E-state index contributed by atoms with van der Waals surface area (Å²) in [4.78, 5) is 1.29. The number of thioether (sulfide) groups is 1. The molecule has 2 unspecified atom stereocenters. The second kappa shape index (κ2) is 6.39. The van der Waals surface area contributed by atoms with Crippen LogP contribution in [0.25, 0.3) is 0 Å². The summed E-state index contributed by atoms with van der Waals surface area (Å²) in [5.74, 6) is 1.63. The van der Waals surface area contributed by atoms with Crippen molar-refractivity contribution >= 4 is 27.7 Å². The van der Waals surface area contributed by atoms with E-state index in [4.69, 9.17) is 10.5 Å². The van der Waals surface area contributed by atoms with E-state index in [1.807, 2.05) is 11.8 Å². The van der Waals surface area contributed by atoms with Crippen molar-refractivity contribution in [2.75, 3.05) is 12.4 Å². The molecule has 20 heavy (non-hydrogen) atoms. The van der Waals surface area contributed by atoms with Crippen LogP contribution < -0.4 is 5.73 Å². The van der Waals surface area contributed by atoms with E-state index in [1.54, 1.807) is 0 Å². The Morgan fingerprint density at radius 3 is 3.00 bits per heavy atom. The fourth-order valence-electron chi connectivity index (χ4n) is 3.24. The van der Waals surface area contributed by atoms with Crippen molar-refractivity contribution in [3.8, 4) is 0 Å². The van der Waals surface area contributed by atoms with Gasteiger partial charge in [0.15, 0.2) is 0 Å². The summed E-state index contributed by atoms with van der Waals surface area (Å²) in [6, 6.07) is 8.73. The number of rotatable bonds is 4. The van der Waals surface area contributed by atoms with E-state index in [1.165, 1.54) is 30.6 Å².